The Hall–Kier alpha value is 5.44. The molecule has 1 fully saturated rings. The highest BCUT2D eigenvalue weighted by molar-refractivity contribution is 8.80. The molecule has 2 unspecified atom stereocenters. The highest BCUT2D eigenvalue weighted by Gasteiger charge is 2.25. The van der Waals surface area contributed by atoms with E-state index < -0.39 is 0 Å². The number of hydrogen-bond acceptors (Lipinski definition) is 5. The van der Waals surface area contributed by atoms with Crippen LogP contribution in [-0.2, 0) is 276 Å². The molecule has 0 saturated carbocycles. The number of carbonyl (C=O) groups is 1. The van der Waals surface area contributed by atoms with Crippen LogP contribution in [0, 0.1) is 0 Å². The highest BCUT2D eigenvalue weighted by atomic mass is 33.5. The maximum Gasteiger partial charge on any atom is 0.136 e. The second kappa shape index (κ2) is 37.2. The quantitative estimate of drug-likeness (QED) is 0.435. The second-order valence-corrected chi connectivity index (χ2v) is 55.0. The van der Waals surface area contributed by atoms with Crippen LogP contribution in [0.5, 0.6) is 0 Å². The number of piperidine rings is 1. The van der Waals surface area contributed by atoms with Crippen molar-refractivity contribution in [3.05, 3.63) is 18.0 Å². The van der Waals surface area contributed by atoms with E-state index in [2.05, 4.69) is 15.5 Å². The Labute approximate surface area is 339 Å². The molecular formula is C9H13N3OS30. The summed E-state index contributed by atoms with van der Waals surface area (Å²) >= 11 is 9.57. The number of ketones is 1. The minimum absolute atomic E-state index is 0.148. The van der Waals surface area contributed by atoms with E-state index in [4.69, 9.17) is 22.4 Å². The molecule has 2 N–H and O–H groups in total. The molecule has 34 heteroatoms. The van der Waals surface area contributed by atoms with E-state index in [9.17, 15) is 4.79 Å². The Morgan fingerprint density at radius 2 is 0.907 bits per heavy atom. The number of carbonyl (C=O) groups excluding carboxylic acids is 1. The van der Waals surface area contributed by atoms with E-state index in [-0.39, 0.29) is 12.1 Å². The number of H-pyrrole nitrogens is 1. The SMILES string of the molecule is CC1CC(=O)CC(c2cn[nH]c2)N1.S=S=S=S=S=S=S=S=S=S=S=S=S=S=S=S=S=S=S=S=S=S=S=S=S=S=S=S=S=S. The first-order valence-electron chi connectivity index (χ1n) is 9.35. The molecule has 0 spiro atoms. The molecule has 2 heterocycles. The van der Waals surface area contributed by atoms with Crippen molar-refractivity contribution < 1.29 is 4.79 Å². The summed E-state index contributed by atoms with van der Waals surface area (Å²) in [5.74, 6) is 0.331. The summed E-state index contributed by atoms with van der Waals surface area (Å²) in [6.45, 7) is 2.03. The molecule has 0 radical (unpaired) electrons. The van der Waals surface area contributed by atoms with Crippen LogP contribution in [0.2, 0.25) is 0 Å². The lowest BCUT2D eigenvalue weighted by Crippen LogP contribution is -2.38. The predicted molar refractivity (Wildman–Crippen MR) is 269 cm³/mol. The van der Waals surface area contributed by atoms with Crippen LogP contribution in [0.15, 0.2) is 12.4 Å². The molecule has 2 atom stereocenters. The van der Waals surface area contributed by atoms with Gasteiger partial charge in [0.1, 0.15) is 5.78 Å². The summed E-state index contributed by atoms with van der Waals surface area (Å²) in [5, 5.41) is 9.99. The lowest BCUT2D eigenvalue weighted by molar-refractivity contribution is -0.121. The molecule has 1 aromatic heterocycles. The van der Waals surface area contributed by atoms with Gasteiger partial charge in [0.05, 0.1) is 6.20 Å². The molecule has 1 saturated heterocycles. The number of aromatic amines is 1. The Balaban J connectivity index is 0.000000580. The maximum atomic E-state index is 11.3. The van der Waals surface area contributed by atoms with Crippen molar-refractivity contribution in [3.8, 4) is 0 Å². The van der Waals surface area contributed by atoms with Crippen LogP contribution in [0.25, 0.3) is 0 Å². The zero-order valence-corrected chi connectivity index (χ0v) is 44.3. The smallest absolute Gasteiger partial charge is 0.136 e. The lowest BCUT2D eigenvalue weighted by Gasteiger charge is -2.26. The molecule has 0 aromatic carbocycles. The molecule has 1 aliphatic rings. The third kappa shape index (κ3) is 31.9. The standard InChI is InChI=1S/C9H13N3O.S30/c1-6-2-8(13)3-9(12-6)7-4-10-11-5-7;1-3-5-7-9-11-13-15-17-19-21-23-25-27-29-30-28-26-24-22-20-18-16-14-12-10-8-6-4-2/h4-6,9,12H,2-3H2,1H3,(H,10,11);. The Kier molecular flexibility index (Phi) is 40.2. The van der Waals surface area contributed by atoms with Gasteiger partial charge in [-0.05, 0) is 6.92 Å². The van der Waals surface area contributed by atoms with Crippen molar-refractivity contribution in [2.45, 2.75) is 31.8 Å². The summed E-state index contributed by atoms with van der Waals surface area (Å²) in [6.07, 6.45) is 4.84. The molecular weight excluding hydrogens is 1130 g/mol. The van der Waals surface area contributed by atoms with Gasteiger partial charge < -0.3 is 5.32 Å². The molecule has 1 aliphatic heterocycles. The third-order valence-electron chi connectivity index (χ3n) is 3.12. The molecule has 0 bridgehead atoms. The molecule has 4 nitrogen and oxygen atoms in total. The summed E-state index contributed by atoms with van der Waals surface area (Å²) in [7, 11) is 49.1. The van der Waals surface area contributed by atoms with Gasteiger partial charge in [0.25, 0.3) is 0 Å². The Bertz CT molecular complexity index is 2220. The topological polar surface area (TPSA) is 57.8 Å². The van der Waals surface area contributed by atoms with Crippen LogP contribution < -0.4 is 5.32 Å². The fourth-order valence-electron chi connectivity index (χ4n) is 2.07. The number of Topliss-reactive ketones (excluding diaryl/α,β-unsaturated/α-hetero) is 1. The van der Waals surface area contributed by atoms with Gasteiger partial charge >= 0.3 is 0 Å². The summed E-state index contributed by atoms with van der Waals surface area (Å²) in [4.78, 5) is 11.3. The molecule has 250 valence electrons. The van der Waals surface area contributed by atoms with Gasteiger partial charge in [-0.3, -0.25) is 9.89 Å². The Morgan fingerprint density at radius 1 is 0.581 bits per heavy atom. The zero-order chi connectivity index (χ0) is 31.1. The van der Waals surface area contributed by atoms with Crippen LogP contribution >= 0.6 is 0 Å². The van der Waals surface area contributed by atoms with Gasteiger partial charge in [0.15, 0.2) is 0 Å². The molecule has 43 heavy (non-hydrogen) atoms. The fraction of sp³-hybridized carbons (Fsp3) is 0.556. The summed E-state index contributed by atoms with van der Waals surface area (Å²) < 4.78 is 0. The second-order valence-electron chi connectivity index (χ2n) is 5.50. The van der Waals surface area contributed by atoms with Gasteiger partial charge in [-0.1, -0.05) is 0 Å². The predicted octanol–water partition coefficient (Wildman–Crippen LogP) is 0.720. The van der Waals surface area contributed by atoms with E-state index in [1.807, 2.05) is 120 Å². The van der Waals surface area contributed by atoms with Crippen molar-refractivity contribution in [1.29, 1.82) is 0 Å². The minimum atomic E-state index is 0.148. The number of hydrogen-bond donors (Lipinski definition) is 2. The minimum Gasteiger partial charge on any atom is -0.306 e. The van der Waals surface area contributed by atoms with Crippen molar-refractivity contribution >= 4 is 277 Å². The van der Waals surface area contributed by atoms with Crippen molar-refractivity contribution in [2.75, 3.05) is 0 Å². The van der Waals surface area contributed by atoms with Crippen molar-refractivity contribution in [3.63, 3.8) is 0 Å². The average molecular weight is 1140 g/mol. The summed E-state index contributed by atoms with van der Waals surface area (Å²) in [5.41, 5.74) is 1.07. The number of rotatable bonds is 1. The third-order valence-corrected chi connectivity index (χ3v) is 63.1. The van der Waals surface area contributed by atoms with Gasteiger partial charge in [0.2, 0.25) is 0 Å². The monoisotopic (exact) mass is 1140 g/mol. The van der Waals surface area contributed by atoms with E-state index in [1.165, 1.54) is 17.8 Å². The number of aromatic nitrogens is 2. The molecule has 0 amide bonds. The van der Waals surface area contributed by atoms with Gasteiger partial charge in [-0.25, -0.2) is 0 Å². The van der Waals surface area contributed by atoms with E-state index in [0.29, 0.717) is 18.6 Å². The lowest BCUT2D eigenvalue weighted by atomic mass is 9.95. The van der Waals surface area contributed by atoms with Crippen molar-refractivity contribution in [1.82, 2.24) is 15.5 Å². The number of nitrogens with one attached hydrogen (secondary N) is 2. The van der Waals surface area contributed by atoms with Gasteiger partial charge in [0, 0.05) is 308 Å². The first-order valence-corrected chi connectivity index (χ1v) is 48.0. The van der Waals surface area contributed by atoms with Crippen LogP contribution in [0.4, 0.5) is 0 Å². The molecule has 0 aliphatic carbocycles. The molecule has 2 rings (SSSR count). The van der Waals surface area contributed by atoms with E-state index in [0.717, 1.165) is 5.56 Å². The Morgan fingerprint density at radius 3 is 1.16 bits per heavy atom. The number of nitrogens with zero attached hydrogens (tertiary/aromatic N) is 1. The average Bonchev–Trinajstić information content (AvgIpc) is 3.54. The zero-order valence-electron chi connectivity index (χ0n) is 19.8. The van der Waals surface area contributed by atoms with Gasteiger partial charge in [-0.2, -0.15) is 5.10 Å². The normalized spacial score (nSPS) is 14.1. The van der Waals surface area contributed by atoms with E-state index in [1.54, 1.807) is 131 Å². The summed E-state index contributed by atoms with van der Waals surface area (Å²) in [6, 6.07) is 0.427. The first-order chi connectivity index (χ1) is 21.2. The maximum absolute atomic E-state index is 11.3. The van der Waals surface area contributed by atoms with E-state index >= 15 is 0 Å². The molecule has 1 aromatic rings. The van der Waals surface area contributed by atoms with Crippen LogP contribution in [-0.4, -0.2) is 22.0 Å². The first kappa shape index (κ1) is 46.5. The van der Waals surface area contributed by atoms with Gasteiger partial charge in [-0.15, -0.1) is 0 Å². The van der Waals surface area contributed by atoms with Crippen LogP contribution in [0.1, 0.15) is 31.4 Å². The highest BCUT2D eigenvalue weighted by Crippen LogP contribution is 2.22. The fourth-order valence-corrected chi connectivity index (χ4v) is 73.4. The van der Waals surface area contributed by atoms with Crippen molar-refractivity contribution in [2.24, 2.45) is 0 Å². The largest absolute Gasteiger partial charge is 0.306 e. The van der Waals surface area contributed by atoms with Crippen LogP contribution in [0.3, 0.4) is 0 Å².